The first-order valence-corrected chi connectivity index (χ1v) is 11.9. The summed E-state index contributed by atoms with van der Waals surface area (Å²) in [7, 11) is 1.32. The van der Waals surface area contributed by atoms with Gasteiger partial charge in [-0.15, -0.1) is 0 Å². The summed E-state index contributed by atoms with van der Waals surface area (Å²) >= 11 is 0. The number of Topliss-reactive ketones (excluding diaryl/α,β-unsaturated/α-hetero) is 1. The largest absolute Gasteiger partial charge is 0.467 e. The van der Waals surface area contributed by atoms with Gasteiger partial charge in [0, 0.05) is 25.6 Å². The van der Waals surface area contributed by atoms with Crippen LogP contribution in [0.5, 0.6) is 0 Å². The number of esters is 1. The minimum atomic E-state index is -0.671. The second-order valence-electron chi connectivity index (χ2n) is 9.93. The standard InChI is InChI=1S/C24H41NO7/c1-17(26)18-10-11-19(14-18)30-12-8-6-7-9-13-31-20-15-21(22(27)29-5)25(16-20)23(28)32-24(2,3)4/h18-21H,6-16H2,1-5H3/t18-,19-,20+,21-/m0/s1. The number of ketones is 1. The monoisotopic (exact) mass is 455 g/mol. The maximum absolute atomic E-state index is 12.5. The fourth-order valence-electron chi connectivity index (χ4n) is 4.32. The first-order valence-electron chi connectivity index (χ1n) is 11.9. The Morgan fingerprint density at radius 2 is 1.53 bits per heavy atom. The number of amides is 1. The summed E-state index contributed by atoms with van der Waals surface area (Å²) in [5.74, 6) is 0.0297. The number of hydrogen-bond donors (Lipinski definition) is 0. The molecule has 0 bridgehead atoms. The molecule has 0 N–H and O–H groups in total. The lowest BCUT2D eigenvalue weighted by molar-refractivity contribution is -0.145. The average molecular weight is 456 g/mol. The highest BCUT2D eigenvalue weighted by Gasteiger charge is 2.42. The predicted molar refractivity (Wildman–Crippen MR) is 119 cm³/mol. The van der Waals surface area contributed by atoms with Crippen LogP contribution in [0, 0.1) is 5.92 Å². The number of carbonyl (C=O) groups is 3. The molecular weight excluding hydrogens is 414 g/mol. The van der Waals surface area contributed by atoms with Crippen LogP contribution in [-0.2, 0) is 28.5 Å². The van der Waals surface area contributed by atoms with E-state index in [1.54, 1.807) is 27.7 Å². The fraction of sp³-hybridized carbons (Fsp3) is 0.875. The SMILES string of the molecule is COC(=O)[C@@H]1C[C@@H](OCCCCCCO[C@H]2CC[C@H](C(C)=O)C2)CN1C(=O)OC(C)(C)C. The van der Waals surface area contributed by atoms with Gasteiger partial charge >= 0.3 is 12.1 Å². The van der Waals surface area contributed by atoms with E-state index in [1.807, 2.05) is 0 Å². The molecule has 1 saturated heterocycles. The Hall–Kier alpha value is -1.67. The Kier molecular flexibility index (Phi) is 10.4. The van der Waals surface area contributed by atoms with Crippen molar-refractivity contribution in [2.45, 2.75) is 103 Å². The Morgan fingerprint density at radius 3 is 2.06 bits per heavy atom. The van der Waals surface area contributed by atoms with E-state index in [1.165, 1.54) is 12.0 Å². The highest BCUT2D eigenvalue weighted by Crippen LogP contribution is 2.28. The zero-order chi connectivity index (χ0) is 23.7. The molecule has 8 heteroatoms. The van der Waals surface area contributed by atoms with Crippen molar-refractivity contribution in [2.24, 2.45) is 5.92 Å². The van der Waals surface area contributed by atoms with Gasteiger partial charge in [-0.1, -0.05) is 12.8 Å². The zero-order valence-corrected chi connectivity index (χ0v) is 20.4. The lowest BCUT2D eigenvalue weighted by atomic mass is 10.0. The van der Waals surface area contributed by atoms with Crippen molar-refractivity contribution in [1.82, 2.24) is 4.90 Å². The number of nitrogens with zero attached hydrogens (tertiary/aromatic N) is 1. The maximum atomic E-state index is 12.5. The number of likely N-dealkylation sites (tertiary alicyclic amines) is 1. The normalized spacial score (nSPS) is 25.7. The molecule has 0 aromatic heterocycles. The van der Waals surface area contributed by atoms with E-state index in [-0.39, 0.29) is 23.9 Å². The maximum Gasteiger partial charge on any atom is 0.411 e. The molecule has 184 valence electrons. The molecule has 0 aromatic carbocycles. The van der Waals surface area contributed by atoms with Crippen LogP contribution in [0.1, 0.15) is 79.1 Å². The van der Waals surface area contributed by atoms with Crippen molar-refractivity contribution >= 4 is 17.8 Å². The smallest absolute Gasteiger partial charge is 0.411 e. The number of methoxy groups -OCH3 is 1. The molecule has 1 aliphatic heterocycles. The van der Waals surface area contributed by atoms with Gasteiger partial charge < -0.3 is 18.9 Å². The first-order chi connectivity index (χ1) is 15.1. The Balaban J connectivity index is 1.60. The third kappa shape index (κ3) is 8.70. The van der Waals surface area contributed by atoms with Crippen LogP contribution in [0.4, 0.5) is 4.79 Å². The van der Waals surface area contributed by atoms with Gasteiger partial charge in [-0.2, -0.15) is 0 Å². The van der Waals surface area contributed by atoms with E-state index in [9.17, 15) is 14.4 Å². The molecule has 1 amide bonds. The van der Waals surface area contributed by atoms with E-state index in [2.05, 4.69) is 0 Å². The fourth-order valence-corrected chi connectivity index (χ4v) is 4.32. The molecule has 0 radical (unpaired) electrons. The summed E-state index contributed by atoms with van der Waals surface area (Å²) in [4.78, 5) is 37.4. The number of hydrogen-bond acceptors (Lipinski definition) is 7. The van der Waals surface area contributed by atoms with Crippen molar-refractivity contribution in [2.75, 3.05) is 26.9 Å². The molecule has 0 spiro atoms. The van der Waals surface area contributed by atoms with Crippen molar-refractivity contribution in [3.05, 3.63) is 0 Å². The van der Waals surface area contributed by atoms with Gasteiger partial charge in [0.2, 0.25) is 0 Å². The van der Waals surface area contributed by atoms with E-state index in [4.69, 9.17) is 18.9 Å². The van der Waals surface area contributed by atoms with Crippen LogP contribution in [-0.4, -0.2) is 73.5 Å². The van der Waals surface area contributed by atoms with E-state index in [0.29, 0.717) is 19.6 Å². The lowest BCUT2D eigenvalue weighted by Gasteiger charge is -2.27. The topological polar surface area (TPSA) is 91.4 Å². The van der Waals surface area contributed by atoms with Crippen molar-refractivity contribution < 1.29 is 33.3 Å². The van der Waals surface area contributed by atoms with E-state index < -0.39 is 23.7 Å². The highest BCUT2D eigenvalue weighted by atomic mass is 16.6. The number of rotatable bonds is 11. The summed E-state index contributed by atoms with van der Waals surface area (Å²) in [5.41, 5.74) is -0.632. The van der Waals surface area contributed by atoms with Crippen LogP contribution in [0.2, 0.25) is 0 Å². The summed E-state index contributed by atoms with van der Waals surface area (Å²) in [6, 6.07) is -0.671. The summed E-state index contributed by atoms with van der Waals surface area (Å²) in [6.45, 7) is 8.71. The highest BCUT2D eigenvalue weighted by molar-refractivity contribution is 5.82. The number of ether oxygens (including phenoxy) is 4. The predicted octanol–water partition coefficient (Wildman–Crippen LogP) is 3.89. The zero-order valence-electron chi connectivity index (χ0n) is 20.4. The van der Waals surface area contributed by atoms with Crippen LogP contribution in [0.15, 0.2) is 0 Å². The van der Waals surface area contributed by atoms with Gasteiger partial charge in [0.1, 0.15) is 17.4 Å². The average Bonchev–Trinajstić information content (AvgIpc) is 3.35. The van der Waals surface area contributed by atoms with Gasteiger partial charge in [-0.25, -0.2) is 9.59 Å². The molecule has 32 heavy (non-hydrogen) atoms. The molecule has 0 unspecified atom stereocenters. The molecule has 1 aliphatic carbocycles. The minimum absolute atomic E-state index is 0.192. The second-order valence-corrected chi connectivity index (χ2v) is 9.93. The summed E-state index contributed by atoms with van der Waals surface area (Å²) in [5, 5.41) is 0. The number of unbranched alkanes of at least 4 members (excludes halogenated alkanes) is 3. The van der Waals surface area contributed by atoms with Crippen LogP contribution in [0.3, 0.4) is 0 Å². The molecule has 4 atom stereocenters. The van der Waals surface area contributed by atoms with Crippen molar-refractivity contribution in [3.8, 4) is 0 Å². The van der Waals surface area contributed by atoms with E-state index in [0.717, 1.165) is 51.6 Å². The summed E-state index contributed by atoms with van der Waals surface area (Å²) in [6.07, 6.45) is 6.78. The van der Waals surface area contributed by atoms with Gasteiger partial charge in [-0.3, -0.25) is 9.69 Å². The van der Waals surface area contributed by atoms with Crippen molar-refractivity contribution in [1.29, 1.82) is 0 Å². The Labute approximate surface area is 192 Å². The Morgan fingerprint density at radius 1 is 0.906 bits per heavy atom. The first kappa shape index (κ1) is 26.6. The number of carbonyl (C=O) groups excluding carboxylic acids is 3. The van der Waals surface area contributed by atoms with Gasteiger partial charge in [0.05, 0.1) is 25.9 Å². The Bertz CT molecular complexity index is 630. The third-order valence-electron chi connectivity index (χ3n) is 6.07. The summed E-state index contributed by atoms with van der Waals surface area (Å²) < 4.78 is 22.1. The van der Waals surface area contributed by atoms with Gasteiger partial charge in [-0.05, 0) is 59.8 Å². The van der Waals surface area contributed by atoms with Crippen LogP contribution >= 0.6 is 0 Å². The minimum Gasteiger partial charge on any atom is -0.467 e. The lowest BCUT2D eigenvalue weighted by Crippen LogP contribution is -2.44. The molecule has 1 heterocycles. The molecule has 2 fully saturated rings. The molecule has 2 rings (SSSR count). The quantitative estimate of drug-likeness (QED) is 0.345. The molecule has 0 aromatic rings. The van der Waals surface area contributed by atoms with Gasteiger partial charge in [0.15, 0.2) is 0 Å². The van der Waals surface area contributed by atoms with Crippen molar-refractivity contribution in [3.63, 3.8) is 0 Å². The second kappa shape index (κ2) is 12.5. The molecule has 8 nitrogen and oxygen atoms in total. The molecule has 2 aliphatic rings. The molecular formula is C24H41NO7. The third-order valence-corrected chi connectivity index (χ3v) is 6.07. The van der Waals surface area contributed by atoms with Crippen LogP contribution < -0.4 is 0 Å². The van der Waals surface area contributed by atoms with E-state index >= 15 is 0 Å². The van der Waals surface area contributed by atoms with Gasteiger partial charge in [0.25, 0.3) is 0 Å². The van der Waals surface area contributed by atoms with Crippen LogP contribution in [0.25, 0.3) is 0 Å². The molecule has 1 saturated carbocycles.